The molecular weight excluding hydrogens is 350 g/mol. The molecule has 1 fully saturated rings. The van der Waals surface area contributed by atoms with Gasteiger partial charge in [-0.3, -0.25) is 4.79 Å². The number of ether oxygens (including phenoxy) is 1. The maximum Gasteiger partial charge on any atom is 0.255 e. The van der Waals surface area contributed by atoms with Crippen molar-refractivity contribution in [2.45, 2.75) is 32.4 Å². The van der Waals surface area contributed by atoms with Crippen molar-refractivity contribution in [1.82, 2.24) is 4.90 Å². The third-order valence-electron chi connectivity index (χ3n) is 5.22. The van der Waals surface area contributed by atoms with Gasteiger partial charge in [0, 0.05) is 42.7 Å². The summed E-state index contributed by atoms with van der Waals surface area (Å²) in [6, 6.07) is 16.3. The van der Waals surface area contributed by atoms with Gasteiger partial charge in [-0.05, 0) is 68.9 Å². The summed E-state index contributed by atoms with van der Waals surface area (Å²) in [7, 11) is 4.27. The molecule has 1 aliphatic rings. The van der Waals surface area contributed by atoms with E-state index in [1.165, 1.54) is 12.1 Å². The lowest BCUT2D eigenvalue weighted by Crippen LogP contribution is -2.31. The number of carbonyl (C=O) groups is 1. The van der Waals surface area contributed by atoms with Crippen molar-refractivity contribution in [1.29, 1.82) is 0 Å². The molecule has 2 aromatic carbocycles. The molecule has 5 heteroatoms. The van der Waals surface area contributed by atoms with Crippen LogP contribution in [0.4, 0.5) is 11.4 Å². The number of likely N-dealkylation sites (N-methyl/N-ethyl adjacent to an activating group) is 1. The smallest absolute Gasteiger partial charge is 0.255 e. The van der Waals surface area contributed by atoms with Crippen molar-refractivity contribution < 1.29 is 9.53 Å². The minimum Gasteiger partial charge on any atom is -0.377 e. The Bertz CT molecular complexity index is 756. The SMILES string of the molecule is CCCOCc1ccc(C(=O)Nc2ccc(N3CCC(N(C)C)C3)cc2)cc1. The van der Waals surface area contributed by atoms with Gasteiger partial charge >= 0.3 is 0 Å². The lowest BCUT2D eigenvalue weighted by atomic mass is 10.1. The zero-order valence-electron chi connectivity index (χ0n) is 17.1. The fraction of sp³-hybridized carbons (Fsp3) is 0.435. The van der Waals surface area contributed by atoms with Crippen LogP contribution in [0.2, 0.25) is 0 Å². The summed E-state index contributed by atoms with van der Waals surface area (Å²) in [5, 5.41) is 2.98. The van der Waals surface area contributed by atoms with Gasteiger partial charge in [-0.1, -0.05) is 19.1 Å². The number of nitrogens with one attached hydrogen (secondary N) is 1. The lowest BCUT2D eigenvalue weighted by Gasteiger charge is -2.22. The second kappa shape index (κ2) is 9.71. The van der Waals surface area contributed by atoms with Gasteiger partial charge in [0.05, 0.1) is 6.61 Å². The predicted molar refractivity (Wildman–Crippen MR) is 115 cm³/mol. The third-order valence-corrected chi connectivity index (χ3v) is 5.22. The van der Waals surface area contributed by atoms with Gasteiger partial charge < -0.3 is 19.9 Å². The first-order valence-corrected chi connectivity index (χ1v) is 10.1. The van der Waals surface area contributed by atoms with Crippen LogP contribution in [0.5, 0.6) is 0 Å². The minimum atomic E-state index is -0.0948. The Morgan fingerprint density at radius 3 is 2.46 bits per heavy atom. The Morgan fingerprint density at radius 2 is 1.86 bits per heavy atom. The normalized spacial score (nSPS) is 16.6. The lowest BCUT2D eigenvalue weighted by molar-refractivity contribution is 0.102. The van der Waals surface area contributed by atoms with Crippen molar-refractivity contribution in [3.05, 3.63) is 59.7 Å². The molecule has 1 atom stereocenters. The van der Waals surface area contributed by atoms with Crippen LogP contribution in [0.1, 0.15) is 35.7 Å². The van der Waals surface area contributed by atoms with Crippen LogP contribution >= 0.6 is 0 Å². The van der Waals surface area contributed by atoms with Gasteiger partial charge in [0.1, 0.15) is 0 Å². The standard InChI is InChI=1S/C23H31N3O2/c1-4-15-28-17-18-5-7-19(8-6-18)23(27)24-20-9-11-21(12-10-20)26-14-13-22(16-26)25(2)3/h5-12,22H,4,13-17H2,1-3H3,(H,24,27). The third kappa shape index (κ3) is 5.33. The second-order valence-corrected chi connectivity index (χ2v) is 7.60. The Morgan fingerprint density at radius 1 is 1.14 bits per heavy atom. The van der Waals surface area contributed by atoms with E-state index in [2.05, 4.69) is 48.3 Å². The maximum atomic E-state index is 12.5. The van der Waals surface area contributed by atoms with E-state index in [-0.39, 0.29) is 5.91 Å². The number of hydrogen-bond donors (Lipinski definition) is 1. The van der Waals surface area contributed by atoms with E-state index in [1.54, 1.807) is 0 Å². The highest BCUT2D eigenvalue weighted by molar-refractivity contribution is 6.04. The molecule has 1 unspecified atom stereocenters. The molecule has 2 aromatic rings. The van der Waals surface area contributed by atoms with Gasteiger partial charge in [-0.15, -0.1) is 0 Å². The van der Waals surface area contributed by atoms with Gasteiger partial charge in [0.25, 0.3) is 5.91 Å². The number of anilines is 2. The summed E-state index contributed by atoms with van der Waals surface area (Å²) in [6.07, 6.45) is 2.19. The number of rotatable bonds is 8. The summed E-state index contributed by atoms with van der Waals surface area (Å²) in [5.74, 6) is -0.0948. The second-order valence-electron chi connectivity index (χ2n) is 7.60. The van der Waals surface area contributed by atoms with E-state index in [0.717, 1.165) is 37.4 Å². The average molecular weight is 382 g/mol. The van der Waals surface area contributed by atoms with Gasteiger partial charge in [0.2, 0.25) is 0 Å². The summed E-state index contributed by atoms with van der Waals surface area (Å²) in [4.78, 5) is 17.2. The van der Waals surface area contributed by atoms with Crippen molar-refractivity contribution >= 4 is 17.3 Å². The highest BCUT2D eigenvalue weighted by Crippen LogP contribution is 2.24. The van der Waals surface area contributed by atoms with E-state index < -0.39 is 0 Å². The summed E-state index contributed by atoms with van der Waals surface area (Å²) >= 11 is 0. The molecule has 1 amide bonds. The van der Waals surface area contributed by atoms with E-state index >= 15 is 0 Å². The maximum absolute atomic E-state index is 12.5. The van der Waals surface area contributed by atoms with Crippen LogP contribution in [0.3, 0.4) is 0 Å². The van der Waals surface area contributed by atoms with Crippen molar-refractivity contribution in [3.8, 4) is 0 Å². The number of amides is 1. The van der Waals surface area contributed by atoms with E-state index in [4.69, 9.17) is 4.74 Å². The molecule has 0 aliphatic carbocycles. The quantitative estimate of drug-likeness (QED) is 0.702. The van der Waals surface area contributed by atoms with Crippen molar-refractivity contribution in [2.75, 3.05) is 44.0 Å². The van der Waals surface area contributed by atoms with Crippen LogP contribution in [0.25, 0.3) is 0 Å². The monoisotopic (exact) mass is 381 g/mol. The molecule has 1 saturated heterocycles. The van der Waals surface area contributed by atoms with Gasteiger partial charge in [0.15, 0.2) is 0 Å². The van der Waals surface area contributed by atoms with E-state index in [1.807, 2.05) is 36.4 Å². The molecule has 150 valence electrons. The number of nitrogens with zero attached hydrogens (tertiary/aromatic N) is 2. The summed E-state index contributed by atoms with van der Waals surface area (Å²) < 4.78 is 5.53. The molecule has 0 saturated carbocycles. The van der Waals surface area contributed by atoms with Crippen LogP contribution in [0, 0.1) is 0 Å². The van der Waals surface area contributed by atoms with Crippen molar-refractivity contribution in [3.63, 3.8) is 0 Å². The van der Waals surface area contributed by atoms with Crippen LogP contribution in [-0.2, 0) is 11.3 Å². The first kappa shape index (κ1) is 20.4. The topological polar surface area (TPSA) is 44.8 Å². The van der Waals surface area contributed by atoms with E-state index in [0.29, 0.717) is 18.2 Å². The molecule has 5 nitrogen and oxygen atoms in total. The Kier molecular flexibility index (Phi) is 7.06. The number of benzene rings is 2. The van der Waals surface area contributed by atoms with Crippen molar-refractivity contribution in [2.24, 2.45) is 0 Å². The Labute approximate surface area is 168 Å². The zero-order chi connectivity index (χ0) is 19.9. The summed E-state index contributed by atoms with van der Waals surface area (Å²) in [5.41, 5.74) is 3.75. The van der Waals surface area contributed by atoms with Gasteiger partial charge in [-0.2, -0.15) is 0 Å². The molecule has 0 aromatic heterocycles. The van der Waals surface area contributed by atoms with E-state index in [9.17, 15) is 4.79 Å². The highest BCUT2D eigenvalue weighted by atomic mass is 16.5. The predicted octanol–water partition coefficient (Wildman–Crippen LogP) is 4.01. The number of hydrogen-bond acceptors (Lipinski definition) is 4. The molecule has 28 heavy (non-hydrogen) atoms. The molecule has 3 rings (SSSR count). The molecule has 0 bridgehead atoms. The Balaban J connectivity index is 1.54. The zero-order valence-corrected chi connectivity index (χ0v) is 17.1. The highest BCUT2D eigenvalue weighted by Gasteiger charge is 2.23. The minimum absolute atomic E-state index is 0.0948. The largest absolute Gasteiger partial charge is 0.377 e. The van der Waals surface area contributed by atoms with Crippen LogP contribution in [0.15, 0.2) is 48.5 Å². The van der Waals surface area contributed by atoms with Gasteiger partial charge in [-0.25, -0.2) is 0 Å². The molecule has 0 spiro atoms. The molecule has 1 heterocycles. The fourth-order valence-electron chi connectivity index (χ4n) is 3.44. The molecule has 1 N–H and O–H groups in total. The first-order chi connectivity index (χ1) is 13.6. The Hall–Kier alpha value is -2.37. The average Bonchev–Trinajstić information content (AvgIpc) is 3.20. The molecule has 1 aliphatic heterocycles. The fourth-order valence-corrected chi connectivity index (χ4v) is 3.44. The number of carbonyl (C=O) groups excluding carboxylic acids is 1. The van der Waals surface area contributed by atoms with Crippen LogP contribution in [-0.4, -0.2) is 50.6 Å². The first-order valence-electron chi connectivity index (χ1n) is 10.1. The van der Waals surface area contributed by atoms with Crippen LogP contribution < -0.4 is 10.2 Å². The molecule has 0 radical (unpaired) electrons. The summed E-state index contributed by atoms with van der Waals surface area (Å²) in [6.45, 7) is 5.55. The molecular formula is C23H31N3O2.